The van der Waals surface area contributed by atoms with Crippen molar-refractivity contribution < 1.29 is 27.8 Å². The summed E-state index contributed by atoms with van der Waals surface area (Å²) in [5, 5.41) is 10.6. The Bertz CT molecular complexity index is 1080. The van der Waals surface area contributed by atoms with E-state index < -0.39 is 38.0 Å². The highest BCUT2D eigenvalue weighted by atomic mass is 32.2. The molecule has 0 radical (unpaired) electrons. The molecule has 1 aliphatic carbocycles. The summed E-state index contributed by atoms with van der Waals surface area (Å²) >= 11 is 0. The summed E-state index contributed by atoms with van der Waals surface area (Å²) in [5.74, 6) is -3.02. The Labute approximate surface area is 200 Å². The summed E-state index contributed by atoms with van der Waals surface area (Å²) in [6.45, 7) is 0. The van der Waals surface area contributed by atoms with Crippen LogP contribution in [-0.4, -0.2) is 39.8 Å². The Hall–Kier alpha value is -2.55. The SMILES string of the molecule is O=C1N(O)C(=O)C(C2CCCCCCC2)(S(=O)(=O)O)C1(Cc1ccccc1)Cc1ccccc1. The van der Waals surface area contributed by atoms with Gasteiger partial charge in [0.2, 0.25) is 0 Å². The molecular formula is C26H31NO6S. The largest absolute Gasteiger partial charge is 0.285 e. The summed E-state index contributed by atoms with van der Waals surface area (Å²) in [4.78, 5) is 27.5. The Balaban J connectivity index is 2.00. The quantitative estimate of drug-likeness (QED) is 0.360. The fraction of sp³-hybridized carbons (Fsp3) is 0.462. The number of imide groups is 1. The molecule has 2 aromatic rings. The van der Waals surface area contributed by atoms with Crippen LogP contribution in [-0.2, 0) is 32.5 Å². The lowest BCUT2D eigenvalue weighted by Crippen LogP contribution is -2.63. The molecule has 2 N–H and O–H groups in total. The van der Waals surface area contributed by atoms with E-state index >= 15 is 0 Å². The molecule has 2 aromatic carbocycles. The number of benzene rings is 2. The summed E-state index contributed by atoms with van der Waals surface area (Å²) in [6.07, 6.45) is 4.67. The van der Waals surface area contributed by atoms with Crippen molar-refractivity contribution in [3.8, 4) is 0 Å². The fourth-order valence-electron chi connectivity index (χ4n) is 6.18. The third-order valence-electron chi connectivity index (χ3n) is 7.61. The zero-order valence-electron chi connectivity index (χ0n) is 19.1. The van der Waals surface area contributed by atoms with Crippen molar-refractivity contribution in [2.24, 2.45) is 11.3 Å². The molecular weight excluding hydrogens is 454 g/mol. The molecule has 34 heavy (non-hydrogen) atoms. The van der Waals surface area contributed by atoms with Crippen molar-refractivity contribution >= 4 is 21.9 Å². The van der Waals surface area contributed by atoms with E-state index in [2.05, 4.69) is 0 Å². The molecule has 7 nitrogen and oxygen atoms in total. The Morgan fingerprint density at radius 3 is 1.65 bits per heavy atom. The second kappa shape index (κ2) is 9.60. The topological polar surface area (TPSA) is 112 Å². The minimum Gasteiger partial charge on any atom is -0.285 e. The number of hydrogen-bond donors (Lipinski definition) is 2. The van der Waals surface area contributed by atoms with E-state index in [1.54, 1.807) is 60.7 Å². The maximum Gasteiger partial charge on any atom is 0.281 e. The van der Waals surface area contributed by atoms with Crippen molar-refractivity contribution in [1.82, 2.24) is 5.06 Å². The molecule has 1 aliphatic heterocycles. The highest BCUT2D eigenvalue weighted by Crippen LogP contribution is 2.56. The van der Waals surface area contributed by atoms with Crippen molar-refractivity contribution in [1.29, 1.82) is 0 Å². The maximum atomic E-state index is 13.8. The van der Waals surface area contributed by atoms with Gasteiger partial charge in [0.1, 0.15) is 0 Å². The smallest absolute Gasteiger partial charge is 0.281 e. The molecule has 1 atom stereocenters. The first-order chi connectivity index (χ1) is 16.2. The third-order valence-corrected chi connectivity index (χ3v) is 9.32. The second-order valence-electron chi connectivity index (χ2n) is 9.58. The minimum atomic E-state index is -5.13. The number of carbonyl (C=O) groups is 2. The van der Waals surface area contributed by atoms with Crippen LogP contribution in [0.1, 0.15) is 56.1 Å². The van der Waals surface area contributed by atoms with Gasteiger partial charge in [-0.3, -0.25) is 19.3 Å². The molecule has 182 valence electrons. The van der Waals surface area contributed by atoms with Crippen molar-refractivity contribution in [3.05, 3.63) is 71.8 Å². The van der Waals surface area contributed by atoms with E-state index in [0.717, 1.165) is 19.3 Å². The third kappa shape index (κ3) is 3.97. The molecule has 2 aliphatic rings. The van der Waals surface area contributed by atoms with Crippen LogP contribution in [0.4, 0.5) is 0 Å². The number of hydrogen-bond acceptors (Lipinski definition) is 5. The Morgan fingerprint density at radius 1 is 0.765 bits per heavy atom. The molecule has 1 unspecified atom stereocenters. The van der Waals surface area contributed by atoms with E-state index in [1.165, 1.54) is 0 Å². The van der Waals surface area contributed by atoms with Crippen molar-refractivity contribution in [2.75, 3.05) is 0 Å². The lowest BCUT2D eigenvalue weighted by molar-refractivity contribution is -0.174. The first kappa shape index (κ1) is 24.6. The Morgan fingerprint density at radius 2 is 1.21 bits per heavy atom. The highest BCUT2D eigenvalue weighted by molar-refractivity contribution is 7.88. The van der Waals surface area contributed by atoms with Gasteiger partial charge >= 0.3 is 0 Å². The van der Waals surface area contributed by atoms with Crippen LogP contribution < -0.4 is 0 Å². The van der Waals surface area contributed by atoms with Gasteiger partial charge in [-0.1, -0.05) is 92.8 Å². The maximum absolute atomic E-state index is 13.8. The predicted octanol–water partition coefficient (Wildman–Crippen LogP) is 4.20. The zero-order chi connectivity index (χ0) is 24.4. The summed E-state index contributed by atoms with van der Waals surface area (Å²) in [6, 6.07) is 17.7. The van der Waals surface area contributed by atoms with Crippen LogP contribution in [0.25, 0.3) is 0 Å². The lowest BCUT2D eigenvalue weighted by atomic mass is 9.62. The van der Waals surface area contributed by atoms with E-state index in [4.69, 9.17) is 0 Å². The molecule has 0 bridgehead atoms. The van der Waals surface area contributed by atoms with Gasteiger partial charge in [0.05, 0.1) is 5.41 Å². The number of carbonyl (C=O) groups excluding carboxylic acids is 2. The number of nitrogens with zero attached hydrogens (tertiary/aromatic N) is 1. The normalized spacial score (nSPS) is 24.1. The van der Waals surface area contributed by atoms with Gasteiger partial charge < -0.3 is 0 Å². The van der Waals surface area contributed by atoms with Crippen LogP contribution in [0.2, 0.25) is 0 Å². The van der Waals surface area contributed by atoms with Gasteiger partial charge in [0, 0.05) is 0 Å². The number of rotatable bonds is 6. The molecule has 1 saturated heterocycles. The molecule has 2 fully saturated rings. The number of hydroxylamine groups is 2. The van der Waals surface area contributed by atoms with Crippen LogP contribution >= 0.6 is 0 Å². The highest BCUT2D eigenvalue weighted by Gasteiger charge is 2.77. The molecule has 1 heterocycles. The molecule has 0 aromatic heterocycles. The summed E-state index contributed by atoms with van der Waals surface area (Å²) in [7, 11) is -5.13. The van der Waals surface area contributed by atoms with Gasteiger partial charge in [-0.15, -0.1) is 0 Å². The Kier molecular flexibility index (Phi) is 6.94. The first-order valence-electron chi connectivity index (χ1n) is 11.9. The van der Waals surface area contributed by atoms with E-state index in [0.29, 0.717) is 36.8 Å². The molecule has 2 amide bonds. The van der Waals surface area contributed by atoms with Crippen LogP contribution in [0, 0.1) is 11.3 Å². The average molecular weight is 486 g/mol. The van der Waals surface area contributed by atoms with Gasteiger partial charge in [-0.2, -0.15) is 13.5 Å². The lowest BCUT2D eigenvalue weighted by Gasteiger charge is -2.44. The van der Waals surface area contributed by atoms with Crippen LogP contribution in [0.5, 0.6) is 0 Å². The molecule has 1 saturated carbocycles. The van der Waals surface area contributed by atoms with Crippen LogP contribution in [0.3, 0.4) is 0 Å². The monoisotopic (exact) mass is 485 g/mol. The minimum absolute atomic E-state index is 0.0432. The summed E-state index contributed by atoms with van der Waals surface area (Å²) in [5.41, 5.74) is -0.610. The molecule has 8 heteroatoms. The summed E-state index contributed by atoms with van der Waals surface area (Å²) < 4.78 is 35.2. The van der Waals surface area contributed by atoms with E-state index in [1.807, 2.05) is 0 Å². The first-order valence-corrected chi connectivity index (χ1v) is 13.3. The van der Waals surface area contributed by atoms with Crippen molar-refractivity contribution in [2.45, 2.75) is 62.5 Å². The van der Waals surface area contributed by atoms with Gasteiger partial charge in [-0.25, -0.2) is 0 Å². The average Bonchev–Trinajstić information content (AvgIpc) is 2.94. The zero-order valence-corrected chi connectivity index (χ0v) is 19.9. The van der Waals surface area contributed by atoms with Crippen molar-refractivity contribution in [3.63, 3.8) is 0 Å². The van der Waals surface area contributed by atoms with E-state index in [-0.39, 0.29) is 17.9 Å². The van der Waals surface area contributed by atoms with Gasteiger partial charge in [0.25, 0.3) is 21.9 Å². The standard InChI is InChI=1S/C26H31NO6S/c28-23-25(18-20-12-6-4-7-13-20,19-21-14-8-5-9-15-21)26(34(31,32)33,24(29)27(23)30)22-16-10-2-1-3-11-17-22/h4-9,12-15,22,30H,1-3,10-11,16-19H2,(H,31,32,33). The van der Waals surface area contributed by atoms with Gasteiger partial charge in [0.15, 0.2) is 4.75 Å². The van der Waals surface area contributed by atoms with Gasteiger partial charge in [-0.05, 0) is 42.7 Å². The predicted molar refractivity (Wildman–Crippen MR) is 126 cm³/mol. The number of amides is 2. The molecule has 4 rings (SSSR count). The second-order valence-corrected chi connectivity index (χ2v) is 11.2. The molecule has 0 spiro atoms. The van der Waals surface area contributed by atoms with Crippen LogP contribution in [0.15, 0.2) is 60.7 Å². The van der Waals surface area contributed by atoms with E-state index in [9.17, 15) is 27.8 Å². The fourth-order valence-corrected chi connectivity index (χ4v) is 7.87.